The van der Waals surface area contributed by atoms with E-state index in [2.05, 4.69) is 6.92 Å². The Labute approximate surface area is 77.3 Å². The Kier molecular flexibility index (Phi) is 2.53. The second kappa shape index (κ2) is 3.03. The van der Waals surface area contributed by atoms with E-state index >= 15 is 0 Å². The van der Waals surface area contributed by atoms with Crippen LogP contribution < -0.4 is 0 Å². The van der Waals surface area contributed by atoms with Gasteiger partial charge in [0.25, 0.3) is 11.6 Å². The quantitative estimate of drug-likeness (QED) is 0.592. The first-order valence-electron chi connectivity index (χ1n) is 3.94. The number of rotatable bonds is 1. The maximum Gasteiger partial charge on any atom is 0.428 e. The molecule has 14 heavy (non-hydrogen) atoms. The zero-order chi connectivity index (χ0) is 11.2. The Morgan fingerprint density at radius 1 is 1.29 bits per heavy atom. The molecule has 0 amide bonds. The third-order valence-electron chi connectivity index (χ3n) is 2.47. The van der Waals surface area contributed by atoms with Crippen molar-refractivity contribution in [3.63, 3.8) is 0 Å². The van der Waals surface area contributed by atoms with Gasteiger partial charge in [-0.15, -0.1) is 0 Å². The van der Waals surface area contributed by atoms with Crippen molar-refractivity contribution >= 4 is 0 Å². The maximum atomic E-state index is 13.3. The molecule has 1 fully saturated rings. The van der Waals surface area contributed by atoms with Crippen molar-refractivity contribution in [1.82, 2.24) is 0 Å². The van der Waals surface area contributed by atoms with Crippen LogP contribution in [0.5, 0.6) is 0 Å². The van der Waals surface area contributed by atoms with Gasteiger partial charge in [-0.2, -0.15) is 13.2 Å². The molecule has 2 radical (unpaired) electrons. The normalized spacial score (nSPS) is 37.5. The van der Waals surface area contributed by atoms with E-state index in [0.29, 0.717) is 0 Å². The lowest BCUT2D eigenvalue weighted by atomic mass is 9.88. The van der Waals surface area contributed by atoms with Crippen LogP contribution in [0.2, 0.25) is 0 Å². The molecule has 0 aromatic carbocycles. The molecule has 1 saturated carbocycles. The van der Waals surface area contributed by atoms with Gasteiger partial charge in [-0.05, 0) is 12.8 Å². The molecule has 0 aromatic heterocycles. The highest BCUT2D eigenvalue weighted by molar-refractivity contribution is 5.17. The SMILES string of the molecule is [CH2]CC1C[CH]C(F)(F)C1(F)C(F)(F)F. The van der Waals surface area contributed by atoms with Crippen molar-refractivity contribution in [2.45, 2.75) is 30.6 Å². The Morgan fingerprint density at radius 3 is 2.07 bits per heavy atom. The minimum absolute atomic E-state index is 0.0797. The summed E-state index contributed by atoms with van der Waals surface area (Å²) in [6.45, 7) is 3.05. The third kappa shape index (κ3) is 1.30. The predicted molar refractivity (Wildman–Crippen MR) is 37.2 cm³/mol. The van der Waals surface area contributed by atoms with Gasteiger partial charge < -0.3 is 0 Å². The van der Waals surface area contributed by atoms with Gasteiger partial charge in [0, 0.05) is 12.3 Å². The van der Waals surface area contributed by atoms with Crippen LogP contribution in [0.25, 0.3) is 0 Å². The van der Waals surface area contributed by atoms with Gasteiger partial charge >= 0.3 is 6.18 Å². The smallest absolute Gasteiger partial charge is 0.227 e. The molecule has 2 unspecified atom stereocenters. The summed E-state index contributed by atoms with van der Waals surface area (Å²) in [5.41, 5.74) is -4.46. The van der Waals surface area contributed by atoms with Gasteiger partial charge in [-0.25, -0.2) is 13.2 Å². The molecule has 82 valence electrons. The molecule has 0 nitrogen and oxygen atoms in total. The van der Waals surface area contributed by atoms with Crippen molar-refractivity contribution in [3.05, 3.63) is 13.3 Å². The Bertz CT molecular complexity index is 220. The molecule has 0 heterocycles. The summed E-state index contributed by atoms with van der Waals surface area (Å²) in [6.07, 6.45) is -6.60. The minimum Gasteiger partial charge on any atom is -0.227 e. The lowest BCUT2D eigenvalue weighted by Gasteiger charge is -2.33. The molecule has 0 aromatic rings. The first kappa shape index (κ1) is 11.7. The van der Waals surface area contributed by atoms with Crippen LogP contribution in [-0.2, 0) is 0 Å². The van der Waals surface area contributed by atoms with E-state index in [1.807, 2.05) is 0 Å². The molecule has 1 aliphatic rings. The van der Waals surface area contributed by atoms with Crippen molar-refractivity contribution in [2.75, 3.05) is 0 Å². The van der Waals surface area contributed by atoms with Crippen molar-refractivity contribution in [3.8, 4) is 0 Å². The van der Waals surface area contributed by atoms with Crippen LogP contribution in [0.15, 0.2) is 0 Å². The van der Waals surface area contributed by atoms with Crippen LogP contribution in [0.1, 0.15) is 12.8 Å². The van der Waals surface area contributed by atoms with Gasteiger partial charge in [-0.3, -0.25) is 0 Å². The van der Waals surface area contributed by atoms with E-state index in [9.17, 15) is 26.3 Å². The van der Waals surface area contributed by atoms with Crippen LogP contribution in [-0.4, -0.2) is 17.8 Å². The highest BCUT2D eigenvalue weighted by Crippen LogP contribution is 2.58. The summed E-state index contributed by atoms with van der Waals surface area (Å²) in [7, 11) is 0. The zero-order valence-corrected chi connectivity index (χ0v) is 7.04. The van der Waals surface area contributed by atoms with E-state index in [0.717, 1.165) is 0 Å². The fourth-order valence-corrected chi connectivity index (χ4v) is 1.61. The highest BCUT2D eigenvalue weighted by atomic mass is 19.4. The number of hydrogen-bond acceptors (Lipinski definition) is 0. The van der Waals surface area contributed by atoms with Crippen LogP contribution >= 0.6 is 0 Å². The minimum atomic E-state index is -5.56. The lowest BCUT2D eigenvalue weighted by Crippen LogP contribution is -2.55. The maximum absolute atomic E-state index is 13.3. The second-order valence-electron chi connectivity index (χ2n) is 3.26. The van der Waals surface area contributed by atoms with Crippen molar-refractivity contribution in [2.24, 2.45) is 5.92 Å². The summed E-state index contributed by atoms with van der Waals surface area (Å²) < 4.78 is 75.3. The van der Waals surface area contributed by atoms with Gasteiger partial charge in [0.1, 0.15) is 0 Å². The van der Waals surface area contributed by atoms with Crippen LogP contribution in [0.4, 0.5) is 26.3 Å². The van der Waals surface area contributed by atoms with Gasteiger partial charge in [0.05, 0.1) is 0 Å². The van der Waals surface area contributed by atoms with Crippen molar-refractivity contribution < 1.29 is 26.3 Å². The lowest BCUT2D eigenvalue weighted by molar-refractivity contribution is -0.297. The summed E-state index contributed by atoms with van der Waals surface area (Å²) in [5.74, 6) is -6.24. The number of hydrogen-bond donors (Lipinski definition) is 0. The molecule has 0 spiro atoms. The highest BCUT2D eigenvalue weighted by Gasteiger charge is 2.76. The third-order valence-corrected chi connectivity index (χ3v) is 2.47. The van der Waals surface area contributed by atoms with E-state index in [-0.39, 0.29) is 6.42 Å². The van der Waals surface area contributed by atoms with Gasteiger partial charge in [0.15, 0.2) is 0 Å². The molecule has 0 N–H and O–H groups in total. The standard InChI is InChI=1S/C8H8F6/c1-2-5-3-4-6(9,10)7(5,11)8(12,13)14/h4-5H,1-3H2. The average Bonchev–Trinajstić information content (AvgIpc) is 2.24. The van der Waals surface area contributed by atoms with E-state index in [1.54, 1.807) is 0 Å². The van der Waals surface area contributed by atoms with E-state index < -0.39 is 36.5 Å². The molecular weight excluding hydrogens is 210 g/mol. The van der Waals surface area contributed by atoms with Gasteiger partial charge in [-0.1, -0.05) is 6.92 Å². The molecule has 1 rings (SSSR count). The summed E-state index contributed by atoms with van der Waals surface area (Å²) >= 11 is 0. The molecular formula is C8H8F6. The summed E-state index contributed by atoms with van der Waals surface area (Å²) in [6, 6.07) is 0. The molecule has 0 aliphatic heterocycles. The molecule has 0 bridgehead atoms. The van der Waals surface area contributed by atoms with Crippen LogP contribution in [0, 0.1) is 19.3 Å². The first-order chi connectivity index (χ1) is 6.17. The summed E-state index contributed by atoms with van der Waals surface area (Å²) in [4.78, 5) is 0. The fourth-order valence-electron chi connectivity index (χ4n) is 1.61. The fraction of sp³-hybridized carbons (Fsp3) is 0.750. The van der Waals surface area contributed by atoms with Crippen molar-refractivity contribution in [1.29, 1.82) is 0 Å². The Morgan fingerprint density at radius 2 is 1.79 bits per heavy atom. The monoisotopic (exact) mass is 218 g/mol. The predicted octanol–water partition coefficient (Wildman–Crippen LogP) is 3.34. The number of halogens is 6. The topological polar surface area (TPSA) is 0 Å². The molecule has 6 heteroatoms. The molecule has 2 atom stereocenters. The van der Waals surface area contributed by atoms with E-state index in [1.165, 1.54) is 0 Å². The summed E-state index contributed by atoms with van der Waals surface area (Å²) in [5, 5.41) is 0. The van der Waals surface area contributed by atoms with E-state index in [4.69, 9.17) is 0 Å². The largest absolute Gasteiger partial charge is 0.428 e. The van der Waals surface area contributed by atoms with Crippen LogP contribution in [0.3, 0.4) is 0 Å². The Balaban J connectivity index is 3.12. The second-order valence-corrected chi connectivity index (χ2v) is 3.26. The Hall–Kier alpha value is -0.420. The molecule has 1 aliphatic carbocycles. The first-order valence-corrected chi connectivity index (χ1v) is 3.94. The molecule has 0 saturated heterocycles. The zero-order valence-electron chi connectivity index (χ0n) is 7.04. The van der Waals surface area contributed by atoms with Gasteiger partial charge in [0.2, 0.25) is 0 Å². The average molecular weight is 218 g/mol. The number of alkyl halides is 6.